The molecule has 1 unspecified atom stereocenters. The standard InChI is InChI=1S/C14H21FN2O3S/c1-4-6-10(5-2)17-14(18)11-8-13(21(16,19)20)9(3)7-12(11)15/h7-8,10H,4-6H2,1-3H3,(H,17,18)(H2,16,19,20). The fraction of sp³-hybridized carbons (Fsp3) is 0.500. The molecule has 0 aliphatic carbocycles. The number of nitrogens with one attached hydrogen (secondary N) is 1. The van der Waals surface area contributed by atoms with E-state index >= 15 is 0 Å². The Morgan fingerprint density at radius 2 is 2.00 bits per heavy atom. The summed E-state index contributed by atoms with van der Waals surface area (Å²) in [6.45, 7) is 5.33. The Labute approximate surface area is 124 Å². The molecule has 0 saturated carbocycles. The first-order valence-corrected chi connectivity index (χ1v) is 8.39. The number of aryl methyl sites for hydroxylation is 1. The largest absolute Gasteiger partial charge is 0.349 e. The number of nitrogens with two attached hydrogens (primary N) is 1. The molecule has 1 atom stereocenters. The van der Waals surface area contributed by atoms with Gasteiger partial charge in [-0.2, -0.15) is 0 Å². The number of carbonyl (C=O) groups excluding carboxylic acids is 1. The van der Waals surface area contributed by atoms with Gasteiger partial charge in [0.2, 0.25) is 10.0 Å². The Bertz CT molecular complexity index is 629. The maximum atomic E-state index is 13.9. The van der Waals surface area contributed by atoms with Gasteiger partial charge in [-0.15, -0.1) is 0 Å². The van der Waals surface area contributed by atoms with Gasteiger partial charge in [0.15, 0.2) is 0 Å². The highest BCUT2D eigenvalue weighted by Crippen LogP contribution is 2.19. The SMILES string of the molecule is CCCC(CC)NC(=O)c1cc(S(N)(=O)=O)c(C)cc1F. The first-order valence-electron chi connectivity index (χ1n) is 6.84. The molecule has 1 aromatic rings. The number of primary sulfonamides is 1. The molecular weight excluding hydrogens is 295 g/mol. The topological polar surface area (TPSA) is 89.3 Å². The number of carbonyl (C=O) groups is 1. The Morgan fingerprint density at radius 3 is 2.48 bits per heavy atom. The summed E-state index contributed by atoms with van der Waals surface area (Å²) in [6.07, 6.45) is 2.38. The van der Waals surface area contributed by atoms with Gasteiger partial charge in [0.25, 0.3) is 5.91 Å². The minimum absolute atomic E-state index is 0.0684. The van der Waals surface area contributed by atoms with Gasteiger partial charge in [-0.25, -0.2) is 17.9 Å². The van der Waals surface area contributed by atoms with Crippen LogP contribution in [-0.2, 0) is 10.0 Å². The molecule has 0 aromatic heterocycles. The summed E-state index contributed by atoms with van der Waals surface area (Å²) in [5.74, 6) is -1.39. The van der Waals surface area contributed by atoms with E-state index in [1.54, 1.807) is 0 Å². The molecule has 1 rings (SSSR count). The lowest BCUT2D eigenvalue weighted by atomic mass is 10.1. The van der Waals surface area contributed by atoms with Crippen LogP contribution in [0.1, 0.15) is 49.0 Å². The minimum Gasteiger partial charge on any atom is -0.349 e. The average Bonchev–Trinajstić information content (AvgIpc) is 2.36. The quantitative estimate of drug-likeness (QED) is 0.842. The first-order chi connectivity index (χ1) is 9.70. The van der Waals surface area contributed by atoms with Gasteiger partial charge in [0.05, 0.1) is 10.5 Å². The van der Waals surface area contributed by atoms with Crippen molar-refractivity contribution in [3.8, 4) is 0 Å². The number of hydrogen-bond donors (Lipinski definition) is 2. The normalized spacial score (nSPS) is 13.0. The molecule has 0 radical (unpaired) electrons. The highest BCUT2D eigenvalue weighted by molar-refractivity contribution is 7.89. The predicted molar refractivity (Wildman–Crippen MR) is 79.0 cm³/mol. The fourth-order valence-electron chi connectivity index (χ4n) is 2.12. The third kappa shape index (κ3) is 4.50. The molecule has 1 aromatic carbocycles. The van der Waals surface area contributed by atoms with Gasteiger partial charge < -0.3 is 5.32 Å². The average molecular weight is 316 g/mol. The van der Waals surface area contributed by atoms with Crippen LogP contribution in [0.5, 0.6) is 0 Å². The van der Waals surface area contributed by atoms with Crippen LogP contribution >= 0.6 is 0 Å². The van der Waals surface area contributed by atoms with E-state index in [0.29, 0.717) is 0 Å². The van der Waals surface area contributed by atoms with Crippen molar-refractivity contribution in [3.63, 3.8) is 0 Å². The zero-order chi connectivity index (χ0) is 16.2. The Morgan fingerprint density at radius 1 is 1.38 bits per heavy atom. The number of hydrogen-bond acceptors (Lipinski definition) is 3. The van der Waals surface area contributed by atoms with Gasteiger partial charge in [-0.1, -0.05) is 20.3 Å². The number of rotatable bonds is 6. The number of amides is 1. The second-order valence-electron chi connectivity index (χ2n) is 5.01. The van der Waals surface area contributed by atoms with Gasteiger partial charge in [0.1, 0.15) is 5.82 Å². The van der Waals surface area contributed by atoms with E-state index in [0.717, 1.165) is 31.4 Å². The van der Waals surface area contributed by atoms with Crippen molar-refractivity contribution in [2.45, 2.75) is 51.0 Å². The maximum Gasteiger partial charge on any atom is 0.254 e. The molecule has 118 valence electrons. The monoisotopic (exact) mass is 316 g/mol. The fourth-order valence-corrected chi connectivity index (χ4v) is 2.91. The molecule has 1 amide bonds. The van der Waals surface area contributed by atoms with Crippen molar-refractivity contribution in [1.29, 1.82) is 0 Å². The molecular formula is C14H21FN2O3S. The van der Waals surface area contributed by atoms with E-state index < -0.39 is 21.7 Å². The lowest BCUT2D eigenvalue weighted by Crippen LogP contribution is -2.35. The second-order valence-corrected chi connectivity index (χ2v) is 6.54. The third-order valence-corrected chi connectivity index (χ3v) is 4.33. The molecule has 0 spiro atoms. The lowest BCUT2D eigenvalue weighted by molar-refractivity contribution is 0.0929. The summed E-state index contributed by atoms with van der Waals surface area (Å²) in [5.41, 5.74) is -0.133. The summed E-state index contributed by atoms with van der Waals surface area (Å²) in [6, 6.07) is 1.94. The smallest absolute Gasteiger partial charge is 0.254 e. The van der Waals surface area contributed by atoms with Crippen molar-refractivity contribution in [3.05, 3.63) is 29.1 Å². The van der Waals surface area contributed by atoms with Crippen LogP contribution < -0.4 is 10.5 Å². The first kappa shape index (κ1) is 17.6. The number of sulfonamides is 1. The molecule has 0 fully saturated rings. The van der Waals surface area contributed by atoms with Gasteiger partial charge in [-0.3, -0.25) is 4.79 Å². The summed E-state index contributed by atoms with van der Waals surface area (Å²) >= 11 is 0. The number of benzene rings is 1. The van der Waals surface area contributed by atoms with Crippen LogP contribution in [-0.4, -0.2) is 20.4 Å². The highest BCUT2D eigenvalue weighted by atomic mass is 32.2. The van der Waals surface area contributed by atoms with Crippen LogP contribution in [0.25, 0.3) is 0 Å². The van der Waals surface area contributed by atoms with Crippen molar-refractivity contribution in [1.82, 2.24) is 5.32 Å². The van der Waals surface area contributed by atoms with Crippen LogP contribution in [0.3, 0.4) is 0 Å². The van der Waals surface area contributed by atoms with E-state index in [9.17, 15) is 17.6 Å². The molecule has 3 N–H and O–H groups in total. The van der Waals surface area contributed by atoms with Gasteiger partial charge in [-0.05, 0) is 37.5 Å². The zero-order valence-corrected chi connectivity index (χ0v) is 13.3. The van der Waals surface area contributed by atoms with Crippen LogP contribution in [0.4, 0.5) is 4.39 Å². The molecule has 21 heavy (non-hydrogen) atoms. The Hall–Kier alpha value is -1.47. The van der Waals surface area contributed by atoms with Crippen LogP contribution in [0.2, 0.25) is 0 Å². The van der Waals surface area contributed by atoms with E-state index in [4.69, 9.17) is 5.14 Å². The summed E-state index contributed by atoms with van der Waals surface area (Å²) < 4.78 is 36.8. The van der Waals surface area contributed by atoms with Crippen molar-refractivity contribution in [2.75, 3.05) is 0 Å². The highest BCUT2D eigenvalue weighted by Gasteiger charge is 2.21. The van der Waals surface area contributed by atoms with Crippen molar-refractivity contribution in [2.24, 2.45) is 5.14 Å². The van der Waals surface area contributed by atoms with E-state index in [1.165, 1.54) is 6.92 Å². The second kappa shape index (κ2) is 7.00. The number of halogens is 1. The van der Waals surface area contributed by atoms with Crippen LogP contribution in [0.15, 0.2) is 17.0 Å². The van der Waals surface area contributed by atoms with Gasteiger partial charge >= 0.3 is 0 Å². The minimum atomic E-state index is -4.00. The molecule has 0 bridgehead atoms. The Kier molecular flexibility index (Phi) is 5.86. The molecule has 0 aliphatic rings. The lowest BCUT2D eigenvalue weighted by Gasteiger charge is -2.17. The molecule has 5 nitrogen and oxygen atoms in total. The van der Waals surface area contributed by atoms with E-state index in [2.05, 4.69) is 5.32 Å². The summed E-state index contributed by atoms with van der Waals surface area (Å²) in [5, 5.41) is 7.78. The molecule has 0 aliphatic heterocycles. The third-order valence-electron chi connectivity index (χ3n) is 3.28. The van der Waals surface area contributed by atoms with Crippen LogP contribution in [0, 0.1) is 12.7 Å². The Balaban J connectivity index is 3.15. The molecule has 7 heteroatoms. The predicted octanol–water partition coefficient (Wildman–Crippen LogP) is 2.09. The van der Waals surface area contributed by atoms with E-state index in [1.807, 2.05) is 13.8 Å². The summed E-state index contributed by atoms with van der Waals surface area (Å²) in [7, 11) is -4.00. The molecule has 0 heterocycles. The van der Waals surface area contributed by atoms with Gasteiger partial charge in [0, 0.05) is 6.04 Å². The maximum absolute atomic E-state index is 13.9. The van der Waals surface area contributed by atoms with E-state index in [-0.39, 0.29) is 22.1 Å². The van der Waals surface area contributed by atoms with Crippen molar-refractivity contribution < 1.29 is 17.6 Å². The van der Waals surface area contributed by atoms with Crippen molar-refractivity contribution >= 4 is 15.9 Å². The molecule has 0 saturated heterocycles. The zero-order valence-electron chi connectivity index (χ0n) is 12.4. The summed E-state index contributed by atoms with van der Waals surface area (Å²) in [4.78, 5) is 11.9.